The minimum atomic E-state index is -1.00. The summed E-state index contributed by atoms with van der Waals surface area (Å²) in [6.45, 7) is 0.328. The number of aliphatic hydroxyl groups is 1. The molecule has 1 heterocycles. The van der Waals surface area contributed by atoms with Crippen LogP contribution in [0.4, 0.5) is 4.79 Å². The molecule has 0 radical (unpaired) electrons. The predicted molar refractivity (Wildman–Crippen MR) is 111 cm³/mol. The fourth-order valence-electron chi connectivity index (χ4n) is 2.85. The maximum atomic E-state index is 12.2. The molecule has 7 heteroatoms. The van der Waals surface area contributed by atoms with Gasteiger partial charge in [0.1, 0.15) is 0 Å². The zero-order valence-corrected chi connectivity index (χ0v) is 16.4. The summed E-state index contributed by atoms with van der Waals surface area (Å²) in [4.78, 5) is 16.2. The number of urea groups is 1. The van der Waals surface area contributed by atoms with Gasteiger partial charge in [-0.25, -0.2) is 4.79 Å². The van der Waals surface area contributed by atoms with E-state index in [9.17, 15) is 9.90 Å². The average molecular weight is 416 g/mol. The minimum Gasteiger partial charge on any atom is -0.386 e. The van der Waals surface area contributed by atoms with Gasteiger partial charge in [0.15, 0.2) is 0 Å². The maximum absolute atomic E-state index is 12.2. The molecule has 0 saturated carbocycles. The van der Waals surface area contributed by atoms with E-state index in [-0.39, 0.29) is 6.54 Å². The Labute approximate surface area is 173 Å². The van der Waals surface area contributed by atoms with E-state index >= 15 is 0 Å². The third-order valence-electron chi connectivity index (χ3n) is 4.24. The quantitative estimate of drug-likeness (QED) is 0.551. The van der Waals surface area contributed by atoms with Crippen molar-refractivity contribution in [2.45, 2.75) is 12.6 Å². The maximum Gasteiger partial charge on any atom is 0.315 e. The molecular formula is C21H19Cl2N3O2. The van der Waals surface area contributed by atoms with E-state index in [2.05, 4.69) is 15.6 Å². The van der Waals surface area contributed by atoms with Crippen molar-refractivity contribution in [2.75, 3.05) is 6.54 Å². The third kappa shape index (κ3) is 5.01. The highest BCUT2D eigenvalue weighted by Crippen LogP contribution is 2.29. The van der Waals surface area contributed by atoms with Crippen molar-refractivity contribution in [3.05, 3.63) is 88.2 Å². The number of aromatic nitrogens is 1. The summed E-state index contributed by atoms with van der Waals surface area (Å²) in [7, 11) is 0. The average Bonchev–Trinajstić information content (AvgIpc) is 2.71. The highest BCUT2D eigenvalue weighted by atomic mass is 35.5. The Morgan fingerprint density at radius 3 is 2.36 bits per heavy atom. The topological polar surface area (TPSA) is 74.2 Å². The Kier molecular flexibility index (Phi) is 6.87. The number of rotatable bonds is 6. The van der Waals surface area contributed by atoms with Crippen LogP contribution < -0.4 is 10.6 Å². The molecule has 1 aromatic heterocycles. The Hall–Kier alpha value is -2.60. The van der Waals surface area contributed by atoms with E-state index < -0.39 is 12.1 Å². The number of carbonyl (C=O) groups is 1. The van der Waals surface area contributed by atoms with Crippen molar-refractivity contribution in [3.8, 4) is 11.1 Å². The van der Waals surface area contributed by atoms with Crippen LogP contribution in [0.5, 0.6) is 0 Å². The van der Waals surface area contributed by atoms with Crippen LogP contribution in [0, 0.1) is 0 Å². The molecule has 0 aliphatic rings. The summed E-state index contributed by atoms with van der Waals surface area (Å²) in [5, 5.41) is 16.4. The monoisotopic (exact) mass is 415 g/mol. The van der Waals surface area contributed by atoms with Gasteiger partial charge in [0, 0.05) is 41.1 Å². The molecule has 0 aliphatic carbocycles. The molecule has 0 bridgehead atoms. The van der Waals surface area contributed by atoms with E-state index in [0.717, 1.165) is 16.7 Å². The SMILES string of the molecule is O=C(NCc1ccccc1-c1ccncc1)NCC(O)c1c(Cl)cccc1Cl. The van der Waals surface area contributed by atoms with Crippen LogP contribution in [-0.4, -0.2) is 22.7 Å². The lowest BCUT2D eigenvalue weighted by atomic mass is 10.0. The molecule has 28 heavy (non-hydrogen) atoms. The molecule has 3 rings (SSSR count). The normalized spacial score (nSPS) is 11.7. The summed E-state index contributed by atoms with van der Waals surface area (Å²) in [5.41, 5.74) is 3.41. The molecule has 0 saturated heterocycles. The molecule has 5 nitrogen and oxygen atoms in total. The summed E-state index contributed by atoms with van der Waals surface area (Å²) in [5.74, 6) is 0. The summed E-state index contributed by atoms with van der Waals surface area (Å²) >= 11 is 12.2. The fraction of sp³-hybridized carbons (Fsp3) is 0.143. The van der Waals surface area contributed by atoms with Crippen molar-refractivity contribution in [1.82, 2.24) is 15.6 Å². The number of halogens is 2. The number of amides is 2. The molecular weight excluding hydrogens is 397 g/mol. The lowest BCUT2D eigenvalue weighted by Crippen LogP contribution is -2.37. The van der Waals surface area contributed by atoms with Crippen LogP contribution in [-0.2, 0) is 6.54 Å². The first-order valence-corrected chi connectivity index (χ1v) is 9.44. The van der Waals surface area contributed by atoms with Gasteiger partial charge in [0.05, 0.1) is 6.10 Å². The van der Waals surface area contributed by atoms with E-state index in [4.69, 9.17) is 23.2 Å². The number of carbonyl (C=O) groups excluding carboxylic acids is 1. The van der Waals surface area contributed by atoms with Crippen LogP contribution in [0.25, 0.3) is 11.1 Å². The number of hydrogen-bond acceptors (Lipinski definition) is 3. The molecule has 144 valence electrons. The van der Waals surface area contributed by atoms with Crippen molar-refractivity contribution in [1.29, 1.82) is 0 Å². The summed E-state index contributed by atoms with van der Waals surface area (Å²) < 4.78 is 0. The van der Waals surface area contributed by atoms with E-state index in [1.165, 1.54) is 0 Å². The van der Waals surface area contributed by atoms with Crippen LogP contribution in [0.3, 0.4) is 0 Å². The molecule has 3 aromatic rings. The first kappa shape index (κ1) is 20.1. The van der Waals surface area contributed by atoms with Crippen molar-refractivity contribution in [2.24, 2.45) is 0 Å². The number of hydrogen-bond donors (Lipinski definition) is 3. The van der Waals surface area contributed by atoms with Gasteiger partial charge in [0.2, 0.25) is 0 Å². The Balaban J connectivity index is 1.58. The Morgan fingerprint density at radius 2 is 1.64 bits per heavy atom. The molecule has 0 spiro atoms. The van der Waals surface area contributed by atoms with Crippen LogP contribution >= 0.6 is 23.2 Å². The lowest BCUT2D eigenvalue weighted by Gasteiger charge is -2.16. The van der Waals surface area contributed by atoms with Crippen LogP contribution in [0.1, 0.15) is 17.2 Å². The first-order valence-electron chi connectivity index (χ1n) is 8.68. The number of nitrogens with zero attached hydrogens (tertiary/aromatic N) is 1. The van der Waals surface area contributed by atoms with Gasteiger partial charge in [-0.2, -0.15) is 0 Å². The third-order valence-corrected chi connectivity index (χ3v) is 4.90. The largest absolute Gasteiger partial charge is 0.386 e. The zero-order valence-electron chi connectivity index (χ0n) is 14.9. The summed E-state index contributed by atoms with van der Waals surface area (Å²) in [6.07, 6.45) is 2.46. The Bertz CT molecular complexity index is 931. The molecule has 2 aromatic carbocycles. The predicted octanol–water partition coefficient (Wildman–Crippen LogP) is 4.59. The smallest absolute Gasteiger partial charge is 0.315 e. The van der Waals surface area contributed by atoms with E-state index in [0.29, 0.717) is 22.2 Å². The number of aliphatic hydroxyl groups excluding tert-OH is 1. The molecule has 3 N–H and O–H groups in total. The fourth-order valence-corrected chi connectivity index (χ4v) is 3.50. The Morgan fingerprint density at radius 1 is 0.964 bits per heavy atom. The number of nitrogens with one attached hydrogen (secondary N) is 2. The van der Waals surface area contributed by atoms with E-state index in [1.54, 1.807) is 30.6 Å². The highest BCUT2D eigenvalue weighted by Gasteiger charge is 2.16. The van der Waals surface area contributed by atoms with Gasteiger partial charge < -0.3 is 15.7 Å². The zero-order chi connectivity index (χ0) is 19.9. The van der Waals surface area contributed by atoms with Gasteiger partial charge in [-0.05, 0) is 41.0 Å². The van der Waals surface area contributed by atoms with Crippen LogP contribution in [0.2, 0.25) is 10.0 Å². The van der Waals surface area contributed by atoms with Gasteiger partial charge in [-0.1, -0.05) is 53.5 Å². The highest BCUT2D eigenvalue weighted by molar-refractivity contribution is 6.36. The van der Waals surface area contributed by atoms with Gasteiger partial charge >= 0.3 is 6.03 Å². The second kappa shape index (κ2) is 9.55. The molecule has 1 atom stereocenters. The second-order valence-electron chi connectivity index (χ2n) is 6.11. The van der Waals surface area contributed by atoms with Crippen LogP contribution in [0.15, 0.2) is 67.0 Å². The molecule has 2 amide bonds. The van der Waals surface area contributed by atoms with Gasteiger partial charge in [0.25, 0.3) is 0 Å². The minimum absolute atomic E-state index is 0.0126. The van der Waals surface area contributed by atoms with Crippen molar-refractivity contribution in [3.63, 3.8) is 0 Å². The van der Waals surface area contributed by atoms with E-state index in [1.807, 2.05) is 36.4 Å². The van der Waals surface area contributed by atoms with Crippen molar-refractivity contribution >= 4 is 29.2 Å². The van der Waals surface area contributed by atoms with Gasteiger partial charge in [-0.3, -0.25) is 4.98 Å². The number of benzene rings is 2. The first-order chi connectivity index (χ1) is 13.6. The molecule has 0 fully saturated rings. The summed E-state index contributed by atoms with van der Waals surface area (Å²) in [6, 6.07) is 16.2. The van der Waals surface area contributed by atoms with Crippen molar-refractivity contribution < 1.29 is 9.90 Å². The standard InChI is InChI=1S/C21H19Cl2N3O2/c22-17-6-3-7-18(23)20(17)19(27)13-26-21(28)25-12-15-4-1-2-5-16(15)14-8-10-24-11-9-14/h1-11,19,27H,12-13H2,(H2,25,26,28). The molecule has 0 aliphatic heterocycles. The number of pyridine rings is 1. The lowest BCUT2D eigenvalue weighted by molar-refractivity contribution is 0.173. The van der Waals surface area contributed by atoms with Gasteiger partial charge in [-0.15, -0.1) is 0 Å². The second-order valence-corrected chi connectivity index (χ2v) is 6.92. The molecule has 1 unspecified atom stereocenters.